The van der Waals surface area contributed by atoms with Crippen LogP contribution in [0.4, 0.5) is 8.78 Å². The minimum absolute atomic E-state index is 0.0809. The number of rotatable bonds is 6. The molecule has 0 unspecified atom stereocenters. The highest BCUT2D eigenvalue weighted by molar-refractivity contribution is 6.12. The van der Waals surface area contributed by atoms with E-state index in [-0.39, 0.29) is 17.3 Å². The summed E-state index contributed by atoms with van der Waals surface area (Å²) in [6, 6.07) is 16.1. The van der Waals surface area contributed by atoms with Gasteiger partial charge in [0, 0.05) is 5.56 Å². The number of hydrogen-bond donors (Lipinski definition) is 0. The lowest BCUT2D eigenvalue weighted by atomic mass is 10.2. The van der Waals surface area contributed by atoms with Crippen molar-refractivity contribution in [2.75, 3.05) is 6.61 Å². The molecule has 0 saturated heterocycles. The SMILES string of the molecule is CCOc1ccc(C2=N/C(=C/c3ccc(OC(=O)c4c(F)cccc4F)cc3)C(=O)O2)cc1. The molecule has 0 aliphatic carbocycles. The second-order valence-corrected chi connectivity index (χ2v) is 6.85. The molecule has 4 rings (SSSR count). The molecule has 0 fully saturated rings. The van der Waals surface area contributed by atoms with Gasteiger partial charge in [0.25, 0.3) is 0 Å². The number of halogens is 2. The van der Waals surface area contributed by atoms with E-state index in [4.69, 9.17) is 14.2 Å². The van der Waals surface area contributed by atoms with Crippen molar-refractivity contribution in [2.24, 2.45) is 4.99 Å². The molecule has 0 amide bonds. The first-order chi connectivity index (χ1) is 15.9. The number of carbonyl (C=O) groups excluding carboxylic acids is 2. The van der Waals surface area contributed by atoms with Crippen molar-refractivity contribution < 1.29 is 32.6 Å². The molecule has 6 nitrogen and oxygen atoms in total. The number of nitrogens with zero attached hydrogens (tertiary/aromatic N) is 1. The zero-order valence-corrected chi connectivity index (χ0v) is 17.4. The molecule has 0 aromatic heterocycles. The Morgan fingerprint density at radius 1 is 0.970 bits per heavy atom. The third-order valence-electron chi connectivity index (χ3n) is 4.59. The Labute approximate surface area is 187 Å². The summed E-state index contributed by atoms with van der Waals surface area (Å²) in [5.74, 6) is -2.83. The molecule has 166 valence electrons. The molecule has 3 aromatic rings. The lowest BCUT2D eigenvalue weighted by Gasteiger charge is -2.06. The quantitative estimate of drug-likeness (QED) is 0.303. The third kappa shape index (κ3) is 4.95. The number of carbonyl (C=O) groups is 2. The van der Waals surface area contributed by atoms with E-state index >= 15 is 0 Å². The maximum atomic E-state index is 13.7. The summed E-state index contributed by atoms with van der Waals surface area (Å²) in [5.41, 5.74) is 0.527. The topological polar surface area (TPSA) is 74.2 Å². The smallest absolute Gasteiger partial charge is 0.363 e. The fourth-order valence-electron chi connectivity index (χ4n) is 3.03. The van der Waals surface area contributed by atoms with Crippen LogP contribution in [0.3, 0.4) is 0 Å². The second kappa shape index (κ2) is 9.44. The molecule has 3 aromatic carbocycles. The number of aliphatic imine (C=N–C) groups is 1. The fraction of sp³-hybridized carbons (Fsp3) is 0.0800. The van der Waals surface area contributed by atoms with Gasteiger partial charge in [0.05, 0.1) is 6.61 Å². The molecule has 0 N–H and O–H groups in total. The van der Waals surface area contributed by atoms with E-state index in [1.165, 1.54) is 18.2 Å². The summed E-state index contributed by atoms with van der Waals surface area (Å²) in [6.07, 6.45) is 1.51. The van der Waals surface area contributed by atoms with Crippen molar-refractivity contribution in [1.29, 1.82) is 0 Å². The molecule has 0 radical (unpaired) electrons. The number of ether oxygens (including phenoxy) is 3. The van der Waals surface area contributed by atoms with Gasteiger partial charge in [0.15, 0.2) is 5.70 Å². The van der Waals surface area contributed by atoms with Crippen molar-refractivity contribution in [2.45, 2.75) is 6.92 Å². The van der Waals surface area contributed by atoms with Gasteiger partial charge >= 0.3 is 11.9 Å². The van der Waals surface area contributed by atoms with Gasteiger partial charge in [0.1, 0.15) is 28.7 Å². The van der Waals surface area contributed by atoms with Crippen molar-refractivity contribution >= 4 is 23.9 Å². The van der Waals surface area contributed by atoms with Gasteiger partial charge in [-0.3, -0.25) is 0 Å². The molecule has 0 saturated carbocycles. The zero-order valence-electron chi connectivity index (χ0n) is 17.4. The highest BCUT2D eigenvalue weighted by Gasteiger charge is 2.24. The van der Waals surface area contributed by atoms with Gasteiger partial charge in [-0.1, -0.05) is 18.2 Å². The van der Waals surface area contributed by atoms with E-state index in [1.807, 2.05) is 6.92 Å². The second-order valence-electron chi connectivity index (χ2n) is 6.85. The van der Waals surface area contributed by atoms with E-state index in [2.05, 4.69) is 4.99 Å². The molecule has 0 bridgehead atoms. The van der Waals surface area contributed by atoms with Gasteiger partial charge in [-0.15, -0.1) is 0 Å². The highest BCUT2D eigenvalue weighted by atomic mass is 19.1. The van der Waals surface area contributed by atoms with Crippen LogP contribution in [0.5, 0.6) is 11.5 Å². The van der Waals surface area contributed by atoms with Crippen LogP contribution in [-0.4, -0.2) is 24.4 Å². The fourth-order valence-corrected chi connectivity index (χ4v) is 3.03. The summed E-state index contributed by atoms with van der Waals surface area (Å²) in [5, 5.41) is 0. The maximum Gasteiger partial charge on any atom is 0.363 e. The first-order valence-corrected chi connectivity index (χ1v) is 9.96. The van der Waals surface area contributed by atoms with E-state index in [9.17, 15) is 18.4 Å². The number of esters is 2. The predicted octanol–water partition coefficient (Wildman–Crippen LogP) is 4.93. The van der Waals surface area contributed by atoms with Crippen LogP contribution in [0.2, 0.25) is 0 Å². The average molecular weight is 449 g/mol. The number of hydrogen-bond acceptors (Lipinski definition) is 6. The molecule has 0 spiro atoms. The Hall–Kier alpha value is -4.33. The van der Waals surface area contributed by atoms with Crippen LogP contribution in [-0.2, 0) is 9.53 Å². The maximum absolute atomic E-state index is 13.7. The third-order valence-corrected chi connectivity index (χ3v) is 4.59. The van der Waals surface area contributed by atoms with Gasteiger partial charge < -0.3 is 14.2 Å². The summed E-state index contributed by atoms with van der Waals surface area (Å²) in [6.45, 7) is 2.42. The molecule has 1 aliphatic heterocycles. The highest BCUT2D eigenvalue weighted by Crippen LogP contribution is 2.23. The average Bonchev–Trinajstić information content (AvgIpc) is 3.16. The Morgan fingerprint density at radius 2 is 1.61 bits per heavy atom. The predicted molar refractivity (Wildman–Crippen MR) is 116 cm³/mol. The van der Waals surface area contributed by atoms with Gasteiger partial charge in [-0.05, 0) is 67.1 Å². The van der Waals surface area contributed by atoms with Crippen molar-refractivity contribution in [1.82, 2.24) is 0 Å². The first-order valence-electron chi connectivity index (χ1n) is 9.96. The van der Waals surface area contributed by atoms with Crippen LogP contribution in [0.15, 0.2) is 77.4 Å². The molecular formula is C25H17F2NO5. The van der Waals surface area contributed by atoms with Gasteiger partial charge in [-0.2, -0.15) is 0 Å². The van der Waals surface area contributed by atoms with Crippen LogP contribution >= 0.6 is 0 Å². The Kier molecular flexibility index (Phi) is 6.26. The summed E-state index contributed by atoms with van der Waals surface area (Å²) < 4.78 is 43.1. The van der Waals surface area contributed by atoms with Gasteiger partial charge in [-0.25, -0.2) is 23.4 Å². The molecule has 8 heteroatoms. The first kappa shape index (κ1) is 21.9. The molecule has 33 heavy (non-hydrogen) atoms. The van der Waals surface area contributed by atoms with Crippen LogP contribution in [0.1, 0.15) is 28.4 Å². The zero-order chi connectivity index (χ0) is 23.4. The molecule has 0 atom stereocenters. The van der Waals surface area contributed by atoms with Crippen molar-refractivity contribution in [3.8, 4) is 11.5 Å². The number of cyclic esters (lactones) is 1. The normalized spacial score (nSPS) is 14.1. The lowest BCUT2D eigenvalue weighted by Crippen LogP contribution is -2.13. The lowest BCUT2D eigenvalue weighted by molar-refractivity contribution is -0.129. The van der Waals surface area contributed by atoms with Gasteiger partial charge in [0.2, 0.25) is 5.90 Å². The Bertz CT molecular complexity index is 1240. The molecule has 1 heterocycles. The van der Waals surface area contributed by atoms with Crippen LogP contribution in [0.25, 0.3) is 6.08 Å². The van der Waals surface area contributed by atoms with E-state index in [1.54, 1.807) is 36.4 Å². The minimum atomic E-state index is -1.15. The number of benzene rings is 3. The summed E-state index contributed by atoms with van der Waals surface area (Å²) in [4.78, 5) is 28.5. The standard InChI is InChI=1S/C25H17F2NO5/c1-2-31-17-12-8-16(9-13-17)23-28-21(24(29)33-23)14-15-6-10-18(11-7-15)32-25(30)22-19(26)4-3-5-20(22)27/h3-14H,2H2,1H3/b21-14+. The summed E-state index contributed by atoms with van der Waals surface area (Å²) >= 11 is 0. The van der Waals surface area contributed by atoms with Crippen LogP contribution < -0.4 is 9.47 Å². The molecular weight excluding hydrogens is 432 g/mol. The van der Waals surface area contributed by atoms with Crippen LogP contribution in [0, 0.1) is 11.6 Å². The van der Waals surface area contributed by atoms with Crippen molar-refractivity contribution in [3.63, 3.8) is 0 Å². The van der Waals surface area contributed by atoms with E-state index in [0.29, 0.717) is 23.5 Å². The van der Waals surface area contributed by atoms with E-state index in [0.717, 1.165) is 18.2 Å². The van der Waals surface area contributed by atoms with Crippen molar-refractivity contribution in [3.05, 3.63) is 101 Å². The largest absolute Gasteiger partial charge is 0.494 e. The Morgan fingerprint density at radius 3 is 2.24 bits per heavy atom. The minimum Gasteiger partial charge on any atom is -0.494 e. The van der Waals surface area contributed by atoms with E-state index < -0.39 is 29.1 Å². The summed E-state index contributed by atoms with van der Waals surface area (Å²) in [7, 11) is 0. The molecule has 1 aliphatic rings. The monoisotopic (exact) mass is 449 g/mol. The Balaban J connectivity index is 1.48.